The first kappa shape index (κ1) is 12.5. The minimum Gasteiger partial charge on any atom is -0.489 e. The summed E-state index contributed by atoms with van der Waals surface area (Å²) >= 11 is 0. The smallest absolute Gasteiger partial charge is 0.255 e. The van der Waals surface area contributed by atoms with Crippen molar-refractivity contribution in [1.29, 1.82) is 0 Å². The summed E-state index contributed by atoms with van der Waals surface area (Å²) in [4.78, 5) is 16.2. The second-order valence-electron chi connectivity index (χ2n) is 4.51. The van der Waals surface area contributed by atoms with Crippen molar-refractivity contribution < 1.29 is 9.53 Å². The van der Waals surface area contributed by atoms with Gasteiger partial charge in [0.1, 0.15) is 6.61 Å². The lowest BCUT2D eigenvalue weighted by atomic mass is 10.1. The molecule has 0 fully saturated rings. The molecule has 0 aliphatic carbocycles. The predicted molar refractivity (Wildman–Crippen MR) is 75.0 cm³/mol. The zero-order valence-corrected chi connectivity index (χ0v) is 11.0. The molecule has 0 saturated carbocycles. The van der Waals surface area contributed by atoms with Crippen LogP contribution in [0.25, 0.3) is 0 Å². The molecule has 0 spiro atoms. The van der Waals surface area contributed by atoms with E-state index < -0.39 is 0 Å². The quantitative estimate of drug-likeness (QED) is 0.875. The van der Waals surface area contributed by atoms with Crippen LogP contribution < -0.4 is 15.4 Å². The van der Waals surface area contributed by atoms with Crippen molar-refractivity contribution in [3.63, 3.8) is 0 Å². The van der Waals surface area contributed by atoms with E-state index in [0.29, 0.717) is 31.0 Å². The standard InChI is InChI=1S/C14H16N4O2/c19-14(17-5-8-18-7-4-15-10-18)11-2-1-3-12-13(11)20-9-6-16-12/h1-4,7,10,16H,5-6,8-9H2,(H,17,19). The monoisotopic (exact) mass is 272 g/mol. The minimum atomic E-state index is -0.120. The van der Waals surface area contributed by atoms with Gasteiger partial charge in [0.25, 0.3) is 5.91 Å². The highest BCUT2D eigenvalue weighted by molar-refractivity contribution is 5.98. The summed E-state index contributed by atoms with van der Waals surface area (Å²) < 4.78 is 7.50. The molecular formula is C14H16N4O2. The number of amides is 1. The van der Waals surface area contributed by atoms with Crippen molar-refractivity contribution in [1.82, 2.24) is 14.9 Å². The highest BCUT2D eigenvalue weighted by Gasteiger charge is 2.18. The molecule has 0 saturated heterocycles. The Kier molecular flexibility index (Phi) is 3.54. The Morgan fingerprint density at radius 1 is 1.50 bits per heavy atom. The Bertz CT molecular complexity index is 595. The molecule has 2 N–H and O–H groups in total. The number of carbonyl (C=O) groups excluding carboxylic acids is 1. The number of fused-ring (bicyclic) bond motifs is 1. The minimum absolute atomic E-state index is 0.120. The first-order valence-electron chi connectivity index (χ1n) is 6.58. The average molecular weight is 272 g/mol. The van der Waals surface area contributed by atoms with E-state index in [4.69, 9.17) is 4.74 Å². The number of rotatable bonds is 4. The maximum atomic E-state index is 12.2. The number of hydrogen-bond acceptors (Lipinski definition) is 4. The van der Waals surface area contributed by atoms with Gasteiger partial charge in [-0.15, -0.1) is 0 Å². The summed E-state index contributed by atoms with van der Waals surface area (Å²) in [5, 5.41) is 6.11. The number of anilines is 1. The Balaban J connectivity index is 1.65. The number of ether oxygens (including phenoxy) is 1. The molecule has 1 aromatic heterocycles. The fraction of sp³-hybridized carbons (Fsp3) is 0.286. The van der Waals surface area contributed by atoms with Gasteiger partial charge < -0.3 is 19.9 Å². The Morgan fingerprint density at radius 3 is 3.30 bits per heavy atom. The van der Waals surface area contributed by atoms with Crippen LogP contribution >= 0.6 is 0 Å². The summed E-state index contributed by atoms with van der Waals surface area (Å²) in [6.45, 7) is 2.58. The molecule has 6 nitrogen and oxygen atoms in total. The van der Waals surface area contributed by atoms with Crippen LogP contribution in [0.4, 0.5) is 5.69 Å². The topological polar surface area (TPSA) is 68.2 Å². The summed E-state index contributed by atoms with van der Waals surface area (Å²) in [6, 6.07) is 5.54. The van der Waals surface area contributed by atoms with Crippen LogP contribution in [0.1, 0.15) is 10.4 Å². The first-order valence-corrected chi connectivity index (χ1v) is 6.58. The number of nitrogens with zero attached hydrogens (tertiary/aromatic N) is 2. The van der Waals surface area contributed by atoms with Gasteiger partial charge in [-0.3, -0.25) is 4.79 Å². The highest BCUT2D eigenvalue weighted by Crippen LogP contribution is 2.30. The molecule has 1 amide bonds. The molecule has 2 aromatic rings. The van der Waals surface area contributed by atoms with Crippen LogP contribution in [0.5, 0.6) is 5.75 Å². The number of para-hydroxylation sites is 1. The van der Waals surface area contributed by atoms with Gasteiger partial charge in [0, 0.05) is 32.0 Å². The van der Waals surface area contributed by atoms with Crippen LogP contribution in [0.15, 0.2) is 36.9 Å². The van der Waals surface area contributed by atoms with Crippen molar-refractivity contribution in [2.45, 2.75) is 6.54 Å². The van der Waals surface area contributed by atoms with E-state index in [0.717, 1.165) is 12.2 Å². The summed E-state index contributed by atoms with van der Waals surface area (Å²) in [7, 11) is 0. The molecule has 0 radical (unpaired) electrons. The fourth-order valence-corrected chi connectivity index (χ4v) is 2.16. The number of carbonyl (C=O) groups is 1. The molecule has 6 heteroatoms. The van der Waals surface area contributed by atoms with Crippen molar-refractivity contribution in [2.75, 3.05) is 25.0 Å². The van der Waals surface area contributed by atoms with E-state index in [1.807, 2.05) is 22.9 Å². The highest BCUT2D eigenvalue weighted by atomic mass is 16.5. The van der Waals surface area contributed by atoms with Crippen LogP contribution in [-0.4, -0.2) is 35.2 Å². The third-order valence-electron chi connectivity index (χ3n) is 3.14. The second-order valence-corrected chi connectivity index (χ2v) is 4.51. The van der Waals surface area contributed by atoms with Gasteiger partial charge in [-0.1, -0.05) is 6.07 Å². The van der Waals surface area contributed by atoms with Crippen molar-refractivity contribution >= 4 is 11.6 Å². The Hall–Kier alpha value is -2.50. The van der Waals surface area contributed by atoms with E-state index in [1.54, 1.807) is 18.6 Å². The van der Waals surface area contributed by atoms with Crippen molar-refractivity contribution in [3.05, 3.63) is 42.5 Å². The Labute approximate surface area is 116 Å². The number of nitrogens with one attached hydrogen (secondary N) is 2. The molecule has 0 unspecified atom stereocenters. The van der Waals surface area contributed by atoms with Crippen LogP contribution in [0, 0.1) is 0 Å². The van der Waals surface area contributed by atoms with Gasteiger partial charge in [0.05, 0.1) is 17.6 Å². The van der Waals surface area contributed by atoms with Crippen LogP contribution in [-0.2, 0) is 6.54 Å². The van der Waals surface area contributed by atoms with E-state index in [2.05, 4.69) is 15.6 Å². The number of aromatic nitrogens is 2. The van der Waals surface area contributed by atoms with Gasteiger partial charge >= 0.3 is 0 Å². The molecule has 104 valence electrons. The first-order chi connectivity index (χ1) is 9.84. The number of hydrogen-bond donors (Lipinski definition) is 2. The summed E-state index contributed by atoms with van der Waals surface area (Å²) in [5.74, 6) is 0.518. The van der Waals surface area contributed by atoms with Crippen LogP contribution in [0.3, 0.4) is 0 Å². The number of benzene rings is 1. The third-order valence-corrected chi connectivity index (χ3v) is 3.14. The summed E-state index contributed by atoms with van der Waals surface area (Å²) in [5.41, 5.74) is 1.44. The molecule has 1 aliphatic heterocycles. The van der Waals surface area contributed by atoms with Gasteiger partial charge in [-0.2, -0.15) is 0 Å². The third kappa shape index (κ3) is 2.59. The van der Waals surface area contributed by atoms with Gasteiger partial charge in [-0.05, 0) is 12.1 Å². The van der Waals surface area contributed by atoms with Gasteiger partial charge in [0.2, 0.25) is 0 Å². The molecule has 1 aliphatic rings. The maximum absolute atomic E-state index is 12.2. The molecule has 1 aromatic carbocycles. The fourth-order valence-electron chi connectivity index (χ4n) is 2.16. The van der Waals surface area contributed by atoms with E-state index in [9.17, 15) is 4.79 Å². The lowest BCUT2D eigenvalue weighted by Crippen LogP contribution is -2.28. The molecular weight excluding hydrogens is 256 g/mol. The zero-order valence-electron chi connectivity index (χ0n) is 11.0. The maximum Gasteiger partial charge on any atom is 0.255 e. The Morgan fingerprint density at radius 2 is 2.45 bits per heavy atom. The van der Waals surface area contributed by atoms with E-state index in [-0.39, 0.29) is 5.91 Å². The molecule has 20 heavy (non-hydrogen) atoms. The number of imidazole rings is 1. The van der Waals surface area contributed by atoms with Gasteiger partial charge in [0.15, 0.2) is 5.75 Å². The van der Waals surface area contributed by atoms with E-state index in [1.165, 1.54) is 0 Å². The SMILES string of the molecule is O=C(NCCn1ccnc1)c1cccc2c1OCCN2. The van der Waals surface area contributed by atoms with Crippen molar-refractivity contribution in [2.24, 2.45) is 0 Å². The average Bonchev–Trinajstić information content (AvgIpc) is 3.00. The molecule has 0 bridgehead atoms. The molecule has 2 heterocycles. The predicted octanol–water partition coefficient (Wildman–Crippen LogP) is 1.12. The summed E-state index contributed by atoms with van der Waals surface area (Å²) in [6.07, 6.45) is 5.31. The lowest BCUT2D eigenvalue weighted by Gasteiger charge is -2.21. The molecule has 3 rings (SSSR count). The molecule has 0 atom stereocenters. The van der Waals surface area contributed by atoms with Gasteiger partial charge in [-0.25, -0.2) is 4.98 Å². The largest absolute Gasteiger partial charge is 0.489 e. The lowest BCUT2D eigenvalue weighted by molar-refractivity contribution is 0.0948. The second kappa shape index (κ2) is 5.64. The van der Waals surface area contributed by atoms with E-state index >= 15 is 0 Å². The van der Waals surface area contributed by atoms with Crippen molar-refractivity contribution in [3.8, 4) is 5.75 Å². The zero-order chi connectivity index (χ0) is 13.8. The normalized spacial score (nSPS) is 13.0. The van der Waals surface area contributed by atoms with Crippen LogP contribution in [0.2, 0.25) is 0 Å².